The van der Waals surface area contributed by atoms with E-state index in [1.54, 1.807) is 30.0 Å². The Labute approximate surface area is 171 Å². The molecule has 160 valence electrons. The van der Waals surface area contributed by atoms with Crippen molar-refractivity contribution in [2.75, 3.05) is 46.8 Å². The summed E-state index contributed by atoms with van der Waals surface area (Å²) in [6, 6.07) is 4.98. The smallest absolute Gasteiger partial charge is 0.254 e. The number of benzene rings is 1. The molecule has 1 atom stereocenters. The molecular weight excluding hydrogens is 375 g/mol. The van der Waals surface area contributed by atoms with Crippen molar-refractivity contribution in [3.8, 4) is 0 Å². The molecule has 0 spiro atoms. The van der Waals surface area contributed by atoms with Gasteiger partial charge in [0.25, 0.3) is 5.91 Å². The van der Waals surface area contributed by atoms with Crippen LogP contribution in [0.25, 0.3) is 0 Å². The van der Waals surface area contributed by atoms with Gasteiger partial charge in [0.1, 0.15) is 11.9 Å². The Kier molecular flexibility index (Phi) is 8.13. The van der Waals surface area contributed by atoms with Crippen molar-refractivity contribution < 1.29 is 18.8 Å². The molecule has 0 saturated carbocycles. The number of amides is 3. The van der Waals surface area contributed by atoms with Gasteiger partial charge in [-0.3, -0.25) is 19.3 Å². The standard InChI is InChI=1S/C21H31FN4O3/c1-15(2)19(23-20(28)16-8-5-6-9-17(16)22)21(29)26-11-7-10-25(12-13-26)14-18(27)24(3)4/h5-6,8-9,15,19H,7,10-14H2,1-4H3,(H,23,28). The fraction of sp³-hybridized carbons (Fsp3) is 0.571. The highest BCUT2D eigenvalue weighted by Gasteiger charge is 2.30. The Morgan fingerprint density at radius 1 is 1.10 bits per heavy atom. The third-order valence-corrected chi connectivity index (χ3v) is 5.10. The van der Waals surface area contributed by atoms with Gasteiger partial charge < -0.3 is 15.1 Å². The van der Waals surface area contributed by atoms with Gasteiger partial charge in [-0.2, -0.15) is 0 Å². The molecule has 1 saturated heterocycles. The SMILES string of the molecule is CC(C)C(NC(=O)c1ccccc1F)C(=O)N1CCCN(CC(=O)N(C)C)CC1. The molecular formula is C21H31FN4O3. The lowest BCUT2D eigenvalue weighted by Gasteiger charge is -2.29. The van der Waals surface area contributed by atoms with E-state index in [0.717, 1.165) is 13.0 Å². The molecule has 29 heavy (non-hydrogen) atoms. The summed E-state index contributed by atoms with van der Waals surface area (Å²) in [5, 5.41) is 2.70. The fourth-order valence-electron chi connectivity index (χ4n) is 3.26. The van der Waals surface area contributed by atoms with Crippen LogP contribution in [0, 0.1) is 11.7 Å². The molecule has 1 aromatic rings. The third-order valence-electron chi connectivity index (χ3n) is 5.10. The second-order valence-corrected chi connectivity index (χ2v) is 7.92. The normalized spacial score (nSPS) is 16.3. The first-order valence-electron chi connectivity index (χ1n) is 9.97. The van der Waals surface area contributed by atoms with E-state index in [0.29, 0.717) is 26.2 Å². The van der Waals surface area contributed by atoms with Gasteiger partial charge in [-0.1, -0.05) is 26.0 Å². The second-order valence-electron chi connectivity index (χ2n) is 7.92. The molecule has 1 aromatic carbocycles. The third kappa shape index (κ3) is 6.25. The van der Waals surface area contributed by atoms with Gasteiger partial charge in [0, 0.05) is 40.3 Å². The van der Waals surface area contributed by atoms with E-state index < -0.39 is 17.8 Å². The fourth-order valence-corrected chi connectivity index (χ4v) is 3.26. The van der Waals surface area contributed by atoms with Crippen molar-refractivity contribution >= 4 is 17.7 Å². The van der Waals surface area contributed by atoms with E-state index in [9.17, 15) is 18.8 Å². The lowest BCUT2D eigenvalue weighted by atomic mass is 10.0. The van der Waals surface area contributed by atoms with Crippen molar-refractivity contribution in [2.24, 2.45) is 5.92 Å². The number of hydrogen-bond donors (Lipinski definition) is 1. The summed E-state index contributed by atoms with van der Waals surface area (Å²) in [6.45, 7) is 6.40. The van der Waals surface area contributed by atoms with Crippen LogP contribution in [0.3, 0.4) is 0 Å². The molecule has 0 aliphatic carbocycles. The zero-order valence-electron chi connectivity index (χ0n) is 17.7. The molecule has 3 amide bonds. The van der Waals surface area contributed by atoms with Crippen LogP contribution in [0.15, 0.2) is 24.3 Å². The van der Waals surface area contributed by atoms with Crippen LogP contribution in [0.1, 0.15) is 30.6 Å². The number of rotatable bonds is 6. The second kappa shape index (κ2) is 10.3. The van der Waals surface area contributed by atoms with Gasteiger partial charge in [0.15, 0.2) is 0 Å². The Morgan fingerprint density at radius 2 is 1.79 bits per heavy atom. The number of nitrogens with zero attached hydrogens (tertiary/aromatic N) is 3. The lowest BCUT2D eigenvalue weighted by molar-refractivity contribution is -0.134. The molecule has 1 fully saturated rings. The average Bonchev–Trinajstić information content (AvgIpc) is 2.91. The van der Waals surface area contributed by atoms with Gasteiger partial charge in [-0.25, -0.2) is 4.39 Å². The minimum absolute atomic E-state index is 0.0296. The van der Waals surface area contributed by atoms with Gasteiger partial charge >= 0.3 is 0 Å². The van der Waals surface area contributed by atoms with Gasteiger partial charge in [-0.05, 0) is 24.5 Å². The van der Waals surface area contributed by atoms with Crippen molar-refractivity contribution in [1.82, 2.24) is 20.0 Å². The number of carbonyl (C=O) groups is 3. The van der Waals surface area contributed by atoms with Crippen molar-refractivity contribution in [2.45, 2.75) is 26.3 Å². The summed E-state index contributed by atoms with van der Waals surface area (Å²) in [7, 11) is 3.45. The van der Waals surface area contributed by atoms with Gasteiger partial charge in [0.05, 0.1) is 12.1 Å². The highest BCUT2D eigenvalue weighted by atomic mass is 19.1. The van der Waals surface area contributed by atoms with E-state index in [1.807, 2.05) is 18.7 Å². The molecule has 8 heteroatoms. The van der Waals surface area contributed by atoms with E-state index in [4.69, 9.17) is 0 Å². The highest BCUT2D eigenvalue weighted by Crippen LogP contribution is 2.13. The predicted molar refractivity (Wildman–Crippen MR) is 109 cm³/mol. The van der Waals surface area contributed by atoms with Crippen LogP contribution in [-0.4, -0.2) is 85.3 Å². The summed E-state index contributed by atoms with van der Waals surface area (Å²) >= 11 is 0. The van der Waals surface area contributed by atoms with Gasteiger partial charge in [-0.15, -0.1) is 0 Å². The van der Waals surface area contributed by atoms with E-state index in [2.05, 4.69) is 5.32 Å². The molecule has 0 bridgehead atoms. The summed E-state index contributed by atoms with van der Waals surface area (Å²) in [4.78, 5) is 42.9. The molecule has 0 aromatic heterocycles. The highest BCUT2D eigenvalue weighted by molar-refractivity contribution is 5.97. The maximum absolute atomic E-state index is 13.9. The summed E-state index contributed by atoms with van der Waals surface area (Å²) in [5.41, 5.74) is -0.0739. The van der Waals surface area contributed by atoms with Crippen molar-refractivity contribution in [3.05, 3.63) is 35.6 Å². The molecule has 2 rings (SSSR count). The van der Waals surface area contributed by atoms with Crippen LogP contribution >= 0.6 is 0 Å². The minimum atomic E-state index is -0.739. The maximum Gasteiger partial charge on any atom is 0.254 e. The van der Waals surface area contributed by atoms with Gasteiger partial charge in [0.2, 0.25) is 11.8 Å². The number of hydrogen-bond acceptors (Lipinski definition) is 4. The molecule has 1 aliphatic heterocycles. The molecule has 7 nitrogen and oxygen atoms in total. The monoisotopic (exact) mass is 406 g/mol. The Balaban J connectivity index is 2.02. The Hall–Kier alpha value is -2.48. The molecule has 1 heterocycles. The van der Waals surface area contributed by atoms with Crippen LogP contribution < -0.4 is 5.32 Å². The Bertz CT molecular complexity index is 738. The lowest BCUT2D eigenvalue weighted by Crippen LogP contribution is -2.52. The van der Waals surface area contributed by atoms with Crippen LogP contribution in [0.4, 0.5) is 4.39 Å². The maximum atomic E-state index is 13.9. The van der Waals surface area contributed by atoms with Crippen LogP contribution in [-0.2, 0) is 9.59 Å². The first kappa shape index (κ1) is 22.8. The largest absolute Gasteiger partial charge is 0.348 e. The molecule has 1 N–H and O–H groups in total. The van der Waals surface area contributed by atoms with Crippen LogP contribution in [0.5, 0.6) is 0 Å². The number of carbonyl (C=O) groups excluding carboxylic acids is 3. The first-order valence-corrected chi connectivity index (χ1v) is 9.97. The number of likely N-dealkylation sites (N-methyl/N-ethyl adjacent to an activating group) is 1. The topological polar surface area (TPSA) is 73.0 Å². The van der Waals surface area contributed by atoms with E-state index in [-0.39, 0.29) is 23.3 Å². The molecule has 1 aliphatic rings. The molecule has 1 unspecified atom stereocenters. The number of halogens is 1. The zero-order valence-corrected chi connectivity index (χ0v) is 17.7. The minimum Gasteiger partial charge on any atom is -0.348 e. The van der Waals surface area contributed by atoms with E-state index in [1.165, 1.54) is 18.2 Å². The zero-order chi connectivity index (χ0) is 21.6. The molecule has 0 radical (unpaired) electrons. The van der Waals surface area contributed by atoms with Crippen LogP contribution in [0.2, 0.25) is 0 Å². The predicted octanol–water partition coefficient (Wildman–Crippen LogP) is 1.20. The number of nitrogens with one attached hydrogen (secondary N) is 1. The van der Waals surface area contributed by atoms with E-state index >= 15 is 0 Å². The average molecular weight is 407 g/mol. The quantitative estimate of drug-likeness (QED) is 0.771. The summed E-state index contributed by atoms with van der Waals surface area (Å²) in [6.07, 6.45) is 0.749. The summed E-state index contributed by atoms with van der Waals surface area (Å²) < 4.78 is 13.9. The Morgan fingerprint density at radius 3 is 2.41 bits per heavy atom. The first-order chi connectivity index (χ1) is 13.7. The summed E-state index contributed by atoms with van der Waals surface area (Å²) in [5.74, 6) is -1.50. The van der Waals surface area contributed by atoms with Crippen molar-refractivity contribution in [1.29, 1.82) is 0 Å². The van der Waals surface area contributed by atoms with Crippen molar-refractivity contribution in [3.63, 3.8) is 0 Å².